The van der Waals surface area contributed by atoms with E-state index in [0.29, 0.717) is 6.61 Å². The van der Waals surface area contributed by atoms with Gasteiger partial charge in [-0.1, -0.05) is 46.0 Å². The first-order valence-corrected chi connectivity index (χ1v) is 11.3. The van der Waals surface area contributed by atoms with Crippen molar-refractivity contribution in [1.29, 1.82) is 0 Å². The minimum atomic E-state index is 0.685. The average Bonchev–Trinajstić information content (AvgIpc) is 2.76. The lowest BCUT2D eigenvalue weighted by Gasteiger charge is -2.07. The molecule has 0 amide bonds. The van der Waals surface area contributed by atoms with Crippen LogP contribution in [0.25, 0.3) is 11.4 Å². The van der Waals surface area contributed by atoms with E-state index >= 15 is 0 Å². The molecule has 0 saturated carbocycles. The van der Waals surface area contributed by atoms with Gasteiger partial charge in [0.1, 0.15) is 11.4 Å². The first-order chi connectivity index (χ1) is 14.3. The van der Waals surface area contributed by atoms with Gasteiger partial charge in [0.25, 0.3) is 0 Å². The molecule has 0 aliphatic rings. The highest BCUT2D eigenvalue weighted by atomic mass is 16.5. The number of unbranched alkanes of at least 4 members (excludes halogenated alkanes) is 6. The second-order valence-corrected chi connectivity index (χ2v) is 7.46. The van der Waals surface area contributed by atoms with Crippen molar-refractivity contribution in [3.05, 3.63) is 36.4 Å². The lowest BCUT2D eigenvalue weighted by molar-refractivity contribution is 0.123. The standard InChI is InChI=1S/C24H37N3O2/c1-3-5-7-8-9-12-21-18-26-24(20-25-21)23-14-13-22(19-27-23)29-17-11-10-16-28-15-6-4-2/h13-14,18-20H,3-12,15-17H2,1-2H3. The molecule has 5 heteroatoms. The Hall–Kier alpha value is -2.01. The van der Waals surface area contributed by atoms with E-state index < -0.39 is 0 Å². The Balaban J connectivity index is 1.67. The number of hydrogen-bond acceptors (Lipinski definition) is 5. The Morgan fingerprint density at radius 1 is 0.655 bits per heavy atom. The Kier molecular flexibility index (Phi) is 12.0. The smallest absolute Gasteiger partial charge is 0.137 e. The molecular formula is C24H37N3O2. The number of rotatable bonds is 16. The van der Waals surface area contributed by atoms with Crippen molar-refractivity contribution in [3.63, 3.8) is 0 Å². The molecule has 29 heavy (non-hydrogen) atoms. The lowest BCUT2D eigenvalue weighted by atomic mass is 10.1. The Morgan fingerprint density at radius 2 is 1.41 bits per heavy atom. The van der Waals surface area contributed by atoms with Crippen molar-refractivity contribution in [1.82, 2.24) is 15.0 Å². The Labute approximate surface area is 176 Å². The zero-order valence-corrected chi connectivity index (χ0v) is 18.2. The minimum absolute atomic E-state index is 0.685. The van der Waals surface area contributed by atoms with Gasteiger partial charge in [0.2, 0.25) is 0 Å². The SMILES string of the molecule is CCCCCCCc1cnc(-c2ccc(OCCCCOCCCC)cn2)cn1. The molecule has 5 nitrogen and oxygen atoms in total. The molecular weight excluding hydrogens is 362 g/mol. The average molecular weight is 400 g/mol. The molecule has 0 fully saturated rings. The first-order valence-electron chi connectivity index (χ1n) is 11.3. The van der Waals surface area contributed by atoms with Crippen LogP contribution in [-0.2, 0) is 11.2 Å². The minimum Gasteiger partial charge on any atom is -0.492 e. The van der Waals surface area contributed by atoms with Gasteiger partial charge in [-0.3, -0.25) is 15.0 Å². The third-order valence-electron chi connectivity index (χ3n) is 4.83. The predicted octanol–water partition coefficient (Wildman–Crippen LogP) is 6.03. The van der Waals surface area contributed by atoms with Crippen LogP contribution in [0.15, 0.2) is 30.7 Å². The summed E-state index contributed by atoms with van der Waals surface area (Å²) in [6.45, 7) is 6.78. The highest BCUT2D eigenvalue weighted by Crippen LogP contribution is 2.17. The van der Waals surface area contributed by atoms with E-state index in [-0.39, 0.29) is 0 Å². The topological polar surface area (TPSA) is 57.1 Å². The summed E-state index contributed by atoms with van der Waals surface area (Å²) in [5.74, 6) is 0.789. The number of hydrogen-bond donors (Lipinski definition) is 0. The maximum Gasteiger partial charge on any atom is 0.137 e. The van der Waals surface area contributed by atoms with Crippen LogP contribution >= 0.6 is 0 Å². The zero-order chi connectivity index (χ0) is 20.6. The number of aryl methyl sites for hydroxylation is 1. The molecule has 0 spiro atoms. The Bertz CT molecular complexity index is 644. The number of aromatic nitrogens is 3. The summed E-state index contributed by atoms with van der Waals surface area (Å²) in [5.41, 5.74) is 2.68. The van der Waals surface area contributed by atoms with E-state index in [4.69, 9.17) is 9.47 Å². The van der Waals surface area contributed by atoms with Crippen LogP contribution in [0.5, 0.6) is 5.75 Å². The second kappa shape index (κ2) is 14.9. The molecule has 2 aromatic rings. The molecule has 0 aliphatic carbocycles. The first kappa shape index (κ1) is 23.3. The number of pyridine rings is 1. The molecule has 0 aromatic carbocycles. The summed E-state index contributed by atoms with van der Waals surface area (Å²) in [5, 5.41) is 0. The van der Waals surface area contributed by atoms with Crippen LogP contribution in [0, 0.1) is 0 Å². The maximum atomic E-state index is 5.76. The molecule has 0 saturated heterocycles. The third kappa shape index (κ3) is 9.84. The summed E-state index contributed by atoms with van der Waals surface area (Å²) in [6.07, 6.45) is 17.2. The lowest BCUT2D eigenvalue weighted by Crippen LogP contribution is -2.02. The van der Waals surface area contributed by atoms with Gasteiger partial charge in [-0.25, -0.2) is 0 Å². The van der Waals surface area contributed by atoms with Crippen molar-refractivity contribution in [2.24, 2.45) is 0 Å². The predicted molar refractivity (Wildman–Crippen MR) is 118 cm³/mol. The largest absolute Gasteiger partial charge is 0.492 e. The summed E-state index contributed by atoms with van der Waals surface area (Å²) in [6, 6.07) is 3.89. The second-order valence-electron chi connectivity index (χ2n) is 7.46. The molecule has 0 radical (unpaired) electrons. The molecule has 2 rings (SSSR count). The molecule has 0 atom stereocenters. The molecule has 160 valence electrons. The van der Waals surface area contributed by atoms with Crippen molar-refractivity contribution in [2.45, 2.75) is 78.1 Å². The van der Waals surface area contributed by atoms with Crippen LogP contribution in [-0.4, -0.2) is 34.8 Å². The normalized spacial score (nSPS) is 11.0. The van der Waals surface area contributed by atoms with Gasteiger partial charge in [0.05, 0.1) is 30.4 Å². The molecule has 0 aliphatic heterocycles. The van der Waals surface area contributed by atoms with E-state index in [1.54, 1.807) is 6.20 Å². The highest BCUT2D eigenvalue weighted by molar-refractivity contribution is 5.53. The number of ether oxygens (including phenoxy) is 2. The fourth-order valence-electron chi connectivity index (χ4n) is 2.99. The highest BCUT2D eigenvalue weighted by Gasteiger charge is 2.04. The Morgan fingerprint density at radius 3 is 2.14 bits per heavy atom. The van der Waals surface area contributed by atoms with Crippen LogP contribution in [0.1, 0.15) is 77.3 Å². The van der Waals surface area contributed by atoms with Gasteiger partial charge < -0.3 is 9.47 Å². The van der Waals surface area contributed by atoms with Gasteiger partial charge in [0.15, 0.2) is 0 Å². The molecule has 0 bridgehead atoms. The van der Waals surface area contributed by atoms with Crippen molar-refractivity contribution in [2.75, 3.05) is 19.8 Å². The van der Waals surface area contributed by atoms with E-state index in [1.165, 1.54) is 38.5 Å². The van der Waals surface area contributed by atoms with E-state index in [1.807, 2.05) is 24.5 Å². The van der Waals surface area contributed by atoms with Gasteiger partial charge in [0, 0.05) is 19.4 Å². The molecule has 2 aromatic heterocycles. The van der Waals surface area contributed by atoms with Gasteiger partial charge in [-0.15, -0.1) is 0 Å². The van der Waals surface area contributed by atoms with Crippen LogP contribution in [0.4, 0.5) is 0 Å². The summed E-state index contributed by atoms with van der Waals surface area (Å²) in [7, 11) is 0. The van der Waals surface area contributed by atoms with Gasteiger partial charge in [-0.2, -0.15) is 0 Å². The van der Waals surface area contributed by atoms with Crippen molar-refractivity contribution < 1.29 is 9.47 Å². The van der Waals surface area contributed by atoms with Gasteiger partial charge in [-0.05, 0) is 44.2 Å². The van der Waals surface area contributed by atoms with E-state index in [9.17, 15) is 0 Å². The maximum absolute atomic E-state index is 5.76. The van der Waals surface area contributed by atoms with Crippen LogP contribution < -0.4 is 4.74 Å². The summed E-state index contributed by atoms with van der Waals surface area (Å²) < 4.78 is 11.3. The zero-order valence-electron chi connectivity index (χ0n) is 18.2. The molecule has 0 unspecified atom stereocenters. The monoisotopic (exact) mass is 399 g/mol. The molecule has 0 N–H and O–H groups in total. The van der Waals surface area contributed by atoms with E-state index in [2.05, 4.69) is 28.8 Å². The fourth-order valence-corrected chi connectivity index (χ4v) is 2.99. The molecule has 2 heterocycles. The van der Waals surface area contributed by atoms with Crippen LogP contribution in [0.2, 0.25) is 0 Å². The fraction of sp³-hybridized carbons (Fsp3) is 0.625. The van der Waals surface area contributed by atoms with E-state index in [0.717, 1.165) is 61.7 Å². The van der Waals surface area contributed by atoms with Crippen molar-refractivity contribution in [3.8, 4) is 17.1 Å². The summed E-state index contributed by atoms with van der Waals surface area (Å²) in [4.78, 5) is 13.5. The van der Waals surface area contributed by atoms with Crippen molar-refractivity contribution >= 4 is 0 Å². The van der Waals surface area contributed by atoms with Crippen LogP contribution in [0.3, 0.4) is 0 Å². The quantitative estimate of drug-likeness (QED) is 0.323. The summed E-state index contributed by atoms with van der Waals surface area (Å²) >= 11 is 0. The number of nitrogens with zero attached hydrogens (tertiary/aromatic N) is 3. The third-order valence-corrected chi connectivity index (χ3v) is 4.83. The van der Waals surface area contributed by atoms with Gasteiger partial charge >= 0.3 is 0 Å².